The van der Waals surface area contributed by atoms with Gasteiger partial charge in [-0.05, 0) is 32.0 Å². The molecule has 0 amide bonds. The summed E-state index contributed by atoms with van der Waals surface area (Å²) in [6.07, 6.45) is 0. The summed E-state index contributed by atoms with van der Waals surface area (Å²) in [5.74, 6) is 0.896. The standard InChI is InChI=1S/C18H23N5OS/c1-12-6-4-5-7-14(12)15(22-10-8-21(3)9-11-22)16-17(24)23-18(25-16)19-13(2)20-23/h4-7,15,24H,8-11H2,1-3H3/t15-/m0/s1. The second-order valence-corrected chi connectivity index (χ2v) is 7.75. The van der Waals surface area contributed by atoms with Gasteiger partial charge in [-0.2, -0.15) is 4.52 Å². The molecule has 1 N–H and O–H groups in total. The van der Waals surface area contributed by atoms with Crippen molar-refractivity contribution in [2.75, 3.05) is 33.2 Å². The third-order valence-corrected chi connectivity index (χ3v) is 6.01. The van der Waals surface area contributed by atoms with E-state index in [1.165, 1.54) is 22.5 Å². The highest BCUT2D eigenvalue weighted by Crippen LogP contribution is 2.41. The molecule has 1 aliphatic heterocycles. The number of aromatic nitrogens is 3. The predicted molar refractivity (Wildman–Crippen MR) is 99.4 cm³/mol. The lowest BCUT2D eigenvalue weighted by Crippen LogP contribution is -2.46. The first kappa shape index (κ1) is 16.5. The van der Waals surface area contributed by atoms with Crippen LogP contribution < -0.4 is 0 Å². The van der Waals surface area contributed by atoms with Crippen molar-refractivity contribution in [3.8, 4) is 5.88 Å². The monoisotopic (exact) mass is 357 g/mol. The SMILES string of the molecule is Cc1nc2sc([C@H](c3ccccc3C)N3CCN(C)CC3)c(O)n2n1. The zero-order valence-electron chi connectivity index (χ0n) is 14.8. The van der Waals surface area contributed by atoms with Crippen LogP contribution in [0.25, 0.3) is 4.96 Å². The van der Waals surface area contributed by atoms with Gasteiger partial charge in [-0.3, -0.25) is 4.90 Å². The molecule has 25 heavy (non-hydrogen) atoms. The number of piperazine rings is 1. The molecule has 7 heteroatoms. The van der Waals surface area contributed by atoms with Crippen LogP contribution in [0.4, 0.5) is 0 Å². The van der Waals surface area contributed by atoms with Crippen molar-refractivity contribution in [2.45, 2.75) is 19.9 Å². The lowest BCUT2D eigenvalue weighted by Gasteiger charge is -2.38. The number of likely N-dealkylation sites (N-methyl/N-ethyl adjacent to an activating group) is 1. The van der Waals surface area contributed by atoms with Crippen LogP contribution in [0, 0.1) is 13.8 Å². The van der Waals surface area contributed by atoms with E-state index in [1.807, 2.05) is 6.92 Å². The Morgan fingerprint density at radius 2 is 1.84 bits per heavy atom. The summed E-state index contributed by atoms with van der Waals surface area (Å²) < 4.78 is 1.57. The summed E-state index contributed by atoms with van der Waals surface area (Å²) >= 11 is 1.53. The van der Waals surface area contributed by atoms with Crippen LogP contribution in [-0.2, 0) is 0 Å². The van der Waals surface area contributed by atoms with Crippen LogP contribution in [0.2, 0.25) is 0 Å². The van der Waals surface area contributed by atoms with Gasteiger partial charge in [-0.1, -0.05) is 35.6 Å². The maximum Gasteiger partial charge on any atom is 0.230 e. The highest BCUT2D eigenvalue weighted by atomic mass is 32.1. The van der Waals surface area contributed by atoms with Gasteiger partial charge in [-0.15, -0.1) is 5.10 Å². The molecular weight excluding hydrogens is 334 g/mol. The minimum atomic E-state index is 0.0312. The summed E-state index contributed by atoms with van der Waals surface area (Å²) in [6.45, 7) is 7.99. The van der Waals surface area contributed by atoms with Gasteiger partial charge in [0.15, 0.2) is 0 Å². The third kappa shape index (κ3) is 2.92. The van der Waals surface area contributed by atoms with E-state index in [2.05, 4.69) is 58.1 Å². The average Bonchev–Trinajstić information content (AvgIpc) is 3.09. The van der Waals surface area contributed by atoms with Crippen molar-refractivity contribution in [1.29, 1.82) is 0 Å². The van der Waals surface area contributed by atoms with Gasteiger partial charge >= 0.3 is 0 Å². The topological polar surface area (TPSA) is 56.9 Å². The Balaban J connectivity index is 1.83. The molecule has 1 fully saturated rings. The number of aryl methyl sites for hydroxylation is 2. The zero-order chi connectivity index (χ0) is 17.6. The fourth-order valence-corrected chi connectivity index (χ4v) is 4.66. The Kier molecular flexibility index (Phi) is 4.23. The average molecular weight is 357 g/mol. The molecule has 1 atom stereocenters. The van der Waals surface area contributed by atoms with Crippen molar-refractivity contribution in [3.63, 3.8) is 0 Å². The number of rotatable bonds is 3. The summed E-state index contributed by atoms with van der Waals surface area (Å²) in [4.78, 5) is 10.9. The Morgan fingerprint density at radius 1 is 1.12 bits per heavy atom. The van der Waals surface area contributed by atoms with Gasteiger partial charge in [0, 0.05) is 26.2 Å². The van der Waals surface area contributed by atoms with Gasteiger partial charge in [0.25, 0.3) is 0 Å². The summed E-state index contributed by atoms with van der Waals surface area (Å²) in [6, 6.07) is 8.47. The van der Waals surface area contributed by atoms with E-state index in [1.54, 1.807) is 4.52 Å². The molecule has 0 spiro atoms. The van der Waals surface area contributed by atoms with E-state index < -0.39 is 0 Å². The van der Waals surface area contributed by atoms with Crippen LogP contribution in [0.15, 0.2) is 24.3 Å². The molecular formula is C18H23N5OS. The van der Waals surface area contributed by atoms with E-state index in [4.69, 9.17) is 0 Å². The van der Waals surface area contributed by atoms with Crippen molar-refractivity contribution < 1.29 is 5.11 Å². The van der Waals surface area contributed by atoms with Crippen LogP contribution in [0.5, 0.6) is 5.88 Å². The number of fused-ring (bicyclic) bond motifs is 1. The fraction of sp³-hybridized carbons (Fsp3) is 0.444. The van der Waals surface area contributed by atoms with Crippen LogP contribution in [0.1, 0.15) is 27.9 Å². The Bertz CT molecular complexity index is 894. The zero-order valence-corrected chi connectivity index (χ0v) is 15.6. The van der Waals surface area contributed by atoms with Gasteiger partial charge in [-0.25, -0.2) is 4.98 Å². The van der Waals surface area contributed by atoms with Crippen molar-refractivity contribution >= 4 is 16.3 Å². The molecule has 1 aromatic carbocycles. The normalized spacial score (nSPS) is 18.0. The smallest absolute Gasteiger partial charge is 0.230 e. The van der Waals surface area contributed by atoms with E-state index in [9.17, 15) is 5.11 Å². The molecule has 3 heterocycles. The molecule has 0 aliphatic carbocycles. The summed E-state index contributed by atoms with van der Waals surface area (Å²) in [5.41, 5.74) is 2.48. The van der Waals surface area contributed by atoms with Crippen molar-refractivity contribution in [2.24, 2.45) is 0 Å². The Morgan fingerprint density at radius 3 is 2.52 bits per heavy atom. The quantitative estimate of drug-likeness (QED) is 0.780. The number of aromatic hydroxyl groups is 1. The van der Waals surface area contributed by atoms with Crippen molar-refractivity contribution in [3.05, 3.63) is 46.1 Å². The summed E-state index contributed by atoms with van der Waals surface area (Å²) in [5, 5.41) is 15.2. The largest absolute Gasteiger partial charge is 0.492 e. The molecule has 0 saturated carbocycles. The fourth-order valence-electron chi connectivity index (χ4n) is 3.50. The molecule has 0 radical (unpaired) electrons. The number of benzene rings is 1. The minimum Gasteiger partial charge on any atom is -0.492 e. The second-order valence-electron chi connectivity index (χ2n) is 6.74. The number of hydrogen-bond acceptors (Lipinski definition) is 6. The lowest BCUT2D eigenvalue weighted by molar-refractivity contribution is 0.127. The van der Waals surface area contributed by atoms with E-state index >= 15 is 0 Å². The highest BCUT2D eigenvalue weighted by molar-refractivity contribution is 7.17. The van der Waals surface area contributed by atoms with Gasteiger partial charge in [0.05, 0.1) is 10.9 Å². The molecule has 0 bridgehead atoms. The first-order valence-corrected chi connectivity index (χ1v) is 9.39. The molecule has 4 rings (SSSR count). The Hall–Kier alpha value is -1.96. The number of hydrogen-bond donors (Lipinski definition) is 1. The van der Waals surface area contributed by atoms with E-state index in [0.717, 1.165) is 36.0 Å². The maximum absolute atomic E-state index is 10.8. The van der Waals surface area contributed by atoms with Gasteiger partial charge in [0.1, 0.15) is 5.82 Å². The van der Waals surface area contributed by atoms with Gasteiger partial charge in [0.2, 0.25) is 10.8 Å². The molecule has 1 aliphatic rings. The number of thiazole rings is 1. The van der Waals surface area contributed by atoms with Crippen LogP contribution in [0.3, 0.4) is 0 Å². The first-order chi connectivity index (χ1) is 12.0. The molecule has 0 unspecified atom stereocenters. The molecule has 2 aromatic heterocycles. The molecule has 3 aromatic rings. The number of nitrogens with zero attached hydrogens (tertiary/aromatic N) is 5. The molecule has 6 nitrogen and oxygen atoms in total. The second kappa shape index (κ2) is 6.40. The summed E-state index contributed by atoms with van der Waals surface area (Å²) in [7, 11) is 2.16. The maximum atomic E-state index is 10.8. The highest BCUT2D eigenvalue weighted by Gasteiger charge is 2.31. The van der Waals surface area contributed by atoms with Crippen LogP contribution in [-0.4, -0.2) is 62.7 Å². The lowest BCUT2D eigenvalue weighted by atomic mass is 9.98. The van der Waals surface area contributed by atoms with E-state index in [0.29, 0.717) is 5.82 Å². The van der Waals surface area contributed by atoms with Gasteiger partial charge < -0.3 is 10.0 Å². The molecule has 132 valence electrons. The van der Waals surface area contributed by atoms with E-state index in [-0.39, 0.29) is 11.9 Å². The minimum absolute atomic E-state index is 0.0312. The predicted octanol–water partition coefficient (Wildman–Crippen LogP) is 2.45. The third-order valence-electron chi connectivity index (χ3n) is 4.94. The first-order valence-electron chi connectivity index (χ1n) is 8.57. The van der Waals surface area contributed by atoms with Crippen LogP contribution >= 0.6 is 11.3 Å². The molecule has 1 saturated heterocycles. The Labute approximate surface area is 151 Å². The van der Waals surface area contributed by atoms with Crippen molar-refractivity contribution in [1.82, 2.24) is 24.4 Å².